The van der Waals surface area contributed by atoms with Gasteiger partial charge >= 0.3 is 0 Å². The molecule has 0 fully saturated rings. The van der Waals surface area contributed by atoms with Crippen molar-refractivity contribution >= 4 is 87.4 Å². The van der Waals surface area contributed by atoms with Crippen molar-refractivity contribution in [3.05, 3.63) is 249 Å². The van der Waals surface area contributed by atoms with Crippen LogP contribution in [0.1, 0.15) is 0 Å². The van der Waals surface area contributed by atoms with Crippen LogP contribution in [0.3, 0.4) is 0 Å². The zero-order valence-corrected chi connectivity index (χ0v) is 37.9. The highest BCUT2D eigenvalue weighted by molar-refractivity contribution is 6.14. The number of hydrogen-bond acceptors (Lipinski definition) is 1. The van der Waals surface area contributed by atoms with Gasteiger partial charge < -0.3 is 18.1 Å². The first-order valence-electron chi connectivity index (χ1n) is 24.0. The number of hydrogen-bond donors (Lipinski definition) is 0. The van der Waals surface area contributed by atoms with Crippen molar-refractivity contribution in [3.63, 3.8) is 0 Å². The second kappa shape index (κ2) is 15.1. The topological polar surface area (TPSA) is 27.9 Å². The molecule has 0 unspecified atom stereocenters. The molecular formula is C66H41N3O. The molecule has 15 rings (SSSR count). The Morgan fingerprint density at radius 3 is 1.17 bits per heavy atom. The molecule has 0 spiro atoms. The lowest BCUT2D eigenvalue weighted by Crippen LogP contribution is -1.98. The number of rotatable bonds is 6. The van der Waals surface area contributed by atoms with Crippen molar-refractivity contribution in [3.8, 4) is 50.4 Å². The number of fused-ring (bicyclic) bond motifs is 12. The molecule has 70 heavy (non-hydrogen) atoms. The molecule has 4 aromatic heterocycles. The van der Waals surface area contributed by atoms with Crippen LogP contribution in [0.4, 0.5) is 0 Å². The van der Waals surface area contributed by atoms with E-state index in [-0.39, 0.29) is 0 Å². The van der Waals surface area contributed by atoms with Crippen LogP contribution in [0.15, 0.2) is 253 Å². The molecule has 0 saturated carbocycles. The summed E-state index contributed by atoms with van der Waals surface area (Å²) in [5.41, 5.74) is 19.1. The average Bonchev–Trinajstić information content (AvgIpc) is 4.17. The number of furan rings is 1. The number of aromatic nitrogens is 3. The molecule has 4 heterocycles. The highest BCUT2D eigenvalue weighted by Gasteiger charge is 2.20. The third-order valence-electron chi connectivity index (χ3n) is 14.6. The molecule has 0 amide bonds. The van der Waals surface area contributed by atoms with Crippen molar-refractivity contribution in [2.45, 2.75) is 0 Å². The SMILES string of the molecule is c1ccc(-c2cc(-c3cccc(-c4ccc5oc6ccccc6c5c4)c3)cc(-n3c4ccc(-n5c6ccccc6c6ccccc65)cc4c4cc(-n5c6ccccc6c6ccccc65)ccc43)c2)cc1. The molecule has 11 aromatic carbocycles. The summed E-state index contributed by atoms with van der Waals surface area (Å²) in [4.78, 5) is 0. The number of nitrogens with zero attached hydrogens (tertiary/aromatic N) is 3. The van der Waals surface area contributed by atoms with Gasteiger partial charge in [-0.05, 0) is 137 Å². The summed E-state index contributed by atoms with van der Waals surface area (Å²) >= 11 is 0. The average molecular weight is 892 g/mol. The maximum absolute atomic E-state index is 6.21. The predicted octanol–water partition coefficient (Wildman–Crippen LogP) is 17.9. The minimum absolute atomic E-state index is 0.900. The Bertz CT molecular complexity index is 4320. The normalized spacial score (nSPS) is 12.0. The standard InChI is InChI=1S/C66H41N3O/c1-2-15-42(16-3-1)46-36-47(44-18-14-17-43(35-44)45-29-34-66-58(39-45)55-23-8-13-28-65(55)70-66)38-50(37-46)69-63-32-30-48(67-59-24-9-4-19-51(59)52-20-5-10-25-60(52)67)40-56(63)57-41-49(31-33-64(57)69)68-61-26-11-6-21-53(61)54-22-7-12-27-62(54)68/h1-41H. The smallest absolute Gasteiger partial charge is 0.135 e. The van der Waals surface area contributed by atoms with Crippen LogP contribution in [-0.4, -0.2) is 13.7 Å². The molecule has 0 N–H and O–H groups in total. The fourth-order valence-electron chi connectivity index (χ4n) is 11.4. The van der Waals surface area contributed by atoms with Gasteiger partial charge in [0.25, 0.3) is 0 Å². The zero-order valence-electron chi connectivity index (χ0n) is 37.9. The Balaban J connectivity index is 0.975. The quantitative estimate of drug-likeness (QED) is 0.163. The first kappa shape index (κ1) is 38.7. The molecule has 0 bridgehead atoms. The van der Waals surface area contributed by atoms with Crippen LogP contribution in [0.25, 0.3) is 138 Å². The van der Waals surface area contributed by atoms with E-state index in [1.165, 1.54) is 59.9 Å². The summed E-state index contributed by atoms with van der Waals surface area (Å²) in [5, 5.41) is 9.63. The monoisotopic (exact) mass is 891 g/mol. The molecular weight excluding hydrogens is 851 g/mol. The first-order chi connectivity index (χ1) is 34.7. The molecule has 0 atom stereocenters. The molecule has 326 valence electrons. The van der Waals surface area contributed by atoms with E-state index in [9.17, 15) is 0 Å². The van der Waals surface area contributed by atoms with E-state index in [4.69, 9.17) is 4.42 Å². The van der Waals surface area contributed by atoms with Crippen LogP contribution in [0.2, 0.25) is 0 Å². The van der Waals surface area contributed by atoms with Crippen LogP contribution in [-0.2, 0) is 0 Å². The lowest BCUT2D eigenvalue weighted by molar-refractivity contribution is 0.669. The van der Waals surface area contributed by atoms with Gasteiger partial charge in [-0.25, -0.2) is 0 Å². The van der Waals surface area contributed by atoms with E-state index in [0.29, 0.717) is 0 Å². The van der Waals surface area contributed by atoms with Gasteiger partial charge in [0.2, 0.25) is 0 Å². The Hall–Kier alpha value is -9.38. The summed E-state index contributed by atoms with van der Waals surface area (Å²) in [7, 11) is 0. The van der Waals surface area contributed by atoms with Crippen molar-refractivity contribution < 1.29 is 4.42 Å². The first-order valence-corrected chi connectivity index (χ1v) is 24.0. The minimum atomic E-state index is 0.900. The number of benzene rings is 11. The third kappa shape index (κ3) is 5.84. The number of para-hydroxylation sites is 5. The Morgan fingerprint density at radius 1 is 0.200 bits per heavy atom. The van der Waals surface area contributed by atoms with Crippen molar-refractivity contribution in [1.82, 2.24) is 13.7 Å². The van der Waals surface area contributed by atoms with Crippen molar-refractivity contribution in [1.29, 1.82) is 0 Å². The third-order valence-corrected chi connectivity index (χ3v) is 14.6. The Labute approximate surface area is 402 Å². The van der Waals surface area contributed by atoms with Crippen LogP contribution in [0.5, 0.6) is 0 Å². The van der Waals surface area contributed by atoms with Gasteiger partial charge in [0, 0.05) is 60.2 Å². The molecule has 0 aliphatic heterocycles. The van der Waals surface area contributed by atoms with E-state index in [1.54, 1.807) is 0 Å². The summed E-state index contributed by atoms with van der Waals surface area (Å²) in [5.74, 6) is 0. The Kier molecular flexibility index (Phi) is 8.33. The molecule has 4 nitrogen and oxygen atoms in total. The van der Waals surface area contributed by atoms with Gasteiger partial charge in [-0.3, -0.25) is 0 Å². The maximum Gasteiger partial charge on any atom is 0.135 e. The Morgan fingerprint density at radius 2 is 0.600 bits per heavy atom. The van der Waals surface area contributed by atoms with Gasteiger partial charge in [-0.1, -0.05) is 146 Å². The lowest BCUT2D eigenvalue weighted by Gasteiger charge is -2.15. The van der Waals surface area contributed by atoms with Crippen LogP contribution >= 0.6 is 0 Å². The largest absolute Gasteiger partial charge is 0.456 e. The van der Waals surface area contributed by atoms with Gasteiger partial charge in [-0.2, -0.15) is 0 Å². The van der Waals surface area contributed by atoms with Crippen LogP contribution < -0.4 is 0 Å². The minimum Gasteiger partial charge on any atom is -0.456 e. The van der Waals surface area contributed by atoms with E-state index in [1.807, 2.05) is 12.1 Å². The molecule has 0 radical (unpaired) electrons. The fraction of sp³-hybridized carbons (Fsp3) is 0. The highest BCUT2D eigenvalue weighted by atomic mass is 16.3. The van der Waals surface area contributed by atoms with Gasteiger partial charge in [0.15, 0.2) is 0 Å². The molecule has 0 aliphatic carbocycles. The predicted molar refractivity (Wildman–Crippen MR) is 293 cm³/mol. The van der Waals surface area contributed by atoms with E-state index < -0.39 is 0 Å². The highest BCUT2D eigenvalue weighted by Crippen LogP contribution is 2.42. The summed E-state index contributed by atoms with van der Waals surface area (Å²) < 4.78 is 13.6. The lowest BCUT2D eigenvalue weighted by atomic mass is 9.95. The van der Waals surface area contributed by atoms with E-state index in [0.717, 1.165) is 77.9 Å². The fourth-order valence-corrected chi connectivity index (χ4v) is 11.4. The van der Waals surface area contributed by atoms with Gasteiger partial charge in [0.1, 0.15) is 11.2 Å². The summed E-state index contributed by atoms with van der Waals surface area (Å²) in [6.07, 6.45) is 0. The second-order valence-electron chi connectivity index (χ2n) is 18.5. The summed E-state index contributed by atoms with van der Waals surface area (Å²) in [6.45, 7) is 0. The molecule has 15 aromatic rings. The maximum atomic E-state index is 6.21. The molecule has 0 aliphatic rings. The van der Waals surface area contributed by atoms with Crippen LogP contribution in [0, 0.1) is 0 Å². The second-order valence-corrected chi connectivity index (χ2v) is 18.5. The van der Waals surface area contributed by atoms with Gasteiger partial charge in [-0.15, -0.1) is 0 Å². The van der Waals surface area contributed by atoms with Crippen molar-refractivity contribution in [2.24, 2.45) is 0 Å². The van der Waals surface area contributed by atoms with Gasteiger partial charge in [0.05, 0.1) is 33.1 Å². The molecule has 0 saturated heterocycles. The molecule has 4 heteroatoms. The van der Waals surface area contributed by atoms with E-state index in [2.05, 4.69) is 250 Å². The summed E-state index contributed by atoms with van der Waals surface area (Å²) in [6, 6.07) is 90.8. The zero-order chi connectivity index (χ0) is 45.9. The van der Waals surface area contributed by atoms with Crippen molar-refractivity contribution in [2.75, 3.05) is 0 Å². The van der Waals surface area contributed by atoms with E-state index >= 15 is 0 Å².